The molecule has 0 amide bonds. The van der Waals surface area contributed by atoms with Gasteiger partial charge in [-0.1, -0.05) is 26.2 Å². The Morgan fingerprint density at radius 3 is 2.50 bits per heavy atom. The molecule has 1 aromatic rings. The van der Waals surface area contributed by atoms with Gasteiger partial charge in [0.1, 0.15) is 17.9 Å². The fraction of sp³-hybridized carbons (Fsp3) is 0.556. The van der Waals surface area contributed by atoms with Gasteiger partial charge >= 0.3 is 6.16 Å². The van der Waals surface area contributed by atoms with Crippen molar-refractivity contribution >= 4 is 25.5 Å². The van der Waals surface area contributed by atoms with E-state index >= 15 is 0 Å². The minimum atomic E-state index is -1.26. The van der Waals surface area contributed by atoms with E-state index in [4.69, 9.17) is 18.9 Å². The normalized spacial score (nSPS) is 17.7. The van der Waals surface area contributed by atoms with Crippen LogP contribution in [0, 0.1) is 0 Å². The molecule has 0 saturated carbocycles. The molecular formula is C27H38NO5Si+. The van der Waals surface area contributed by atoms with Crippen LogP contribution in [0.4, 0.5) is 4.79 Å². The van der Waals surface area contributed by atoms with E-state index in [0.717, 1.165) is 61.0 Å². The minimum absolute atomic E-state index is 0.234. The van der Waals surface area contributed by atoms with Crippen molar-refractivity contribution in [2.24, 2.45) is 0 Å². The molecule has 0 fully saturated rings. The highest BCUT2D eigenvalue weighted by molar-refractivity contribution is 6.76. The molecule has 7 heteroatoms. The van der Waals surface area contributed by atoms with Crippen LogP contribution in [-0.4, -0.2) is 50.0 Å². The van der Waals surface area contributed by atoms with Gasteiger partial charge in [-0.3, -0.25) is 0 Å². The molecule has 0 aromatic heterocycles. The number of hydrogen-bond acceptors (Lipinski definition) is 5. The lowest BCUT2D eigenvalue weighted by atomic mass is 9.87. The van der Waals surface area contributed by atoms with Crippen molar-refractivity contribution in [1.29, 1.82) is 0 Å². The van der Waals surface area contributed by atoms with Crippen LogP contribution in [-0.2, 0) is 15.9 Å². The Morgan fingerprint density at radius 1 is 1.12 bits per heavy atom. The van der Waals surface area contributed by atoms with E-state index in [1.54, 1.807) is 0 Å². The highest BCUT2D eigenvalue weighted by Crippen LogP contribution is 2.42. The highest BCUT2D eigenvalue weighted by Gasteiger charge is 2.36. The molecule has 0 bridgehead atoms. The molecule has 0 spiro atoms. The van der Waals surface area contributed by atoms with Gasteiger partial charge in [0.05, 0.1) is 5.57 Å². The topological polar surface area (TPSA) is 57.0 Å². The second-order valence-electron chi connectivity index (χ2n) is 11.7. The quantitative estimate of drug-likeness (QED) is 0.217. The van der Waals surface area contributed by atoms with Gasteiger partial charge in [0.25, 0.3) is 0 Å². The first-order valence-corrected chi connectivity index (χ1v) is 15.9. The van der Waals surface area contributed by atoms with Gasteiger partial charge in [-0.05, 0) is 62.1 Å². The van der Waals surface area contributed by atoms with E-state index < -0.39 is 19.8 Å². The summed E-state index contributed by atoms with van der Waals surface area (Å²) in [5.41, 5.74) is 5.13. The average molecular weight is 485 g/mol. The maximum Gasteiger partial charge on any atom is 0.514 e. The van der Waals surface area contributed by atoms with Gasteiger partial charge in [0.2, 0.25) is 6.79 Å². The van der Waals surface area contributed by atoms with Gasteiger partial charge < -0.3 is 18.9 Å². The van der Waals surface area contributed by atoms with E-state index in [9.17, 15) is 4.79 Å². The molecule has 6 nitrogen and oxygen atoms in total. The van der Waals surface area contributed by atoms with Crippen LogP contribution in [0.15, 0.2) is 30.0 Å². The molecule has 0 radical (unpaired) electrons. The van der Waals surface area contributed by atoms with Crippen molar-refractivity contribution in [3.05, 3.63) is 41.2 Å². The van der Waals surface area contributed by atoms with E-state index in [0.29, 0.717) is 12.2 Å². The van der Waals surface area contributed by atoms with Crippen molar-refractivity contribution in [3.8, 4) is 11.5 Å². The molecule has 1 aliphatic carbocycles. The third kappa shape index (κ3) is 5.74. The summed E-state index contributed by atoms with van der Waals surface area (Å²) in [6.45, 7) is 19.0. The van der Waals surface area contributed by atoms with Crippen LogP contribution in [0.25, 0.3) is 5.57 Å². The third-order valence-electron chi connectivity index (χ3n) is 6.08. The van der Waals surface area contributed by atoms with Crippen LogP contribution in [0.2, 0.25) is 25.7 Å². The second-order valence-corrected chi connectivity index (χ2v) is 17.2. The number of fused-ring (bicyclic) bond motifs is 4. The Hall–Kier alpha value is -2.54. The van der Waals surface area contributed by atoms with Crippen LogP contribution in [0.5, 0.6) is 11.5 Å². The number of carbonyl (C=O) groups is 1. The van der Waals surface area contributed by atoms with Gasteiger partial charge in [0.15, 0.2) is 23.8 Å². The van der Waals surface area contributed by atoms with E-state index in [1.807, 2.05) is 20.8 Å². The molecule has 2 aliphatic heterocycles. The molecule has 0 atom stereocenters. The van der Waals surface area contributed by atoms with Crippen molar-refractivity contribution in [2.45, 2.75) is 77.7 Å². The monoisotopic (exact) mass is 484 g/mol. The molecule has 0 saturated heterocycles. The zero-order valence-corrected chi connectivity index (χ0v) is 22.5. The molecule has 3 aliphatic rings. The lowest BCUT2D eigenvalue weighted by Crippen LogP contribution is -2.30. The summed E-state index contributed by atoms with van der Waals surface area (Å²) in [6, 6.07) is 5.24. The van der Waals surface area contributed by atoms with Crippen molar-refractivity contribution in [3.63, 3.8) is 0 Å². The zero-order chi connectivity index (χ0) is 24.7. The molecule has 0 unspecified atom stereocenters. The molecule has 2 heterocycles. The number of benzene rings is 1. The second kappa shape index (κ2) is 9.25. The number of rotatable bonds is 5. The van der Waals surface area contributed by atoms with Crippen LogP contribution >= 0.6 is 0 Å². The summed E-state index contributed by atoms with van der Waals surface area (Å²) in [5, 5.41) is 0. The summed E-state index contributed by atoms with van der Waals surface area (Å²) >= 11 is 0. The smallest absolute Gasteiger partial charge is 0.454 e. The molecular weight excluding hydrogens is 446 g/mol. The van der Waals surface area contributed by atoms with Crippen LogP contribution in [0.1, 0.15) is 51.2 Å². The minimum Gasteiger partial charge on any atom is -0.454 e. The van der Waals surface area contributed by atoms with E-state index in [-0.39, 0.29) is 6.79 Å². The van der Waals surface area contributed by atoms with Gasteiger partial charge in [-0.25, -0.2) is 9.37 Å². The Labute approximate surface area is 204 Å². The number of allylic oxidation sites excluding steroid dienone is 2. The Balaban J connectivity index is 1.78. The highest BCUT2D eigenvalue weighted by atomic mass is 28.3. The Morgan fingerprint density at radius 2 is 1.82 bits per heavy atom. The SMILES string of the molecule is C=C(C[N+]1=C2CCCC(OC(=O)OC(C)(C)C)=C2c2cc3c(cc2CC1)OCO3)C[Si](C)(C)C. The molecule has 4 rings (SSSR count). The first kappa shape index (κ1) is 24.6. The third-order valence-corrected chi connectivity index (χ3v) is 7.64. The molecule has 34 heavy (non-hydrogen) atoms. The summed E-state index contributed by atoms with van der Waals surface area (Å²) in [6.07, 6.45) is 2.77. The fourth-order valence-electron chi connectivity index (χ4n) is 4.99. The Kier molecular flexibility index (Phi) is 6.69. The predicted molar refractivity (Wildman–Crippen MR) is 137 cm³/mol. The number of carbonyl (C=O) groups excluding carboxylic acids is 1. The summed E-state index contributed by atoms with van der Waals surface area (Å²) in [4.78, 5) is 12.6. The standard InChI is InChI=1S/C27H38NO5Si/c1-18(16-34(5,6)7)15-28-12-11-19-13-23-24(31-17-30-23)14-20(19)25-21(28)9-8-10-22(25)32-26(29)33-27(2,3)4/h13-14H,1,8-12,15-17H2,2-7H3/q+1. The lowest BCUT2D eigenvalue weighted by molar-refractivity contribution is -0.519. The summed E-state index contributed by atoms with van der Waals surface area (Å²) in [7, 11) is -1.26. The largest absolute Gasteiger partial charge is 0.514 e. The van der Waals surface area contributed by atoms with Crippen molar-refractivity contribution in [1.82, 2.24) is 0 Å². The predicted octanol–water partition coefficient (Wildman–Crippen LogP) is 6.17. The van der Waals surface area contributed by atoms with E-state index in [1.165, 1.54) is 16.8 Å². The van der Waals surface area contributed by atoms with Gasteiger partial charge in [-0.15, -0.1) is 0 Å². The van der Waals surface area contributed by atoms with Crippen molar-refractivity contribution in [2.75, 3.05) is 19.9 Å². The fourth-order valence-corrected chi connectivity index (χ4v) is 6.60. The first-order valence-electron chi connectivity index (χ1n) is 12.2. The average Bonchev–Trinajstić information content (AvgIpc) is 3.09. The maximum absolute atomic E-state index is 12.6. The van der Waals surface area contributed by atoms with Crippen LogP contribution < -0.4 is 9.47 Å². The van der Waals surface area contributed by atoms with Crippen molar-refractivity contribution < 1.29 is 28.3 Å². The summed E-state index contributed by atoms with van der Waals surface area (Å²) in [5.74, 6) is 2.20. The van der Waals surface area contributed by atoms with Crippen LogP contribution in [0.3, 0.4) is 0 Å². The number of ether oxygens (including phenoxy) is 4. The summed E-state index contributed by atoms with van der Waals surface area (Å²) < 4.78 is 25.2. The number of nitrogens with zero attached hydrogens (tertiary/aromatic N) is 1. The molecule has 1 aromatic carbocycles. The van der Waals surface area contributed by atoms with Gasteiger partial charge in [-0.2, -0.15) is 0 Å². The molecule has 0 N–H and O–H groups in total. The van der Waals surface area contributed by atoms with E-state index in [2.05, 4.69) is 42.9 Å². The zero-order valence-electron chi connectivity index (χ0n) is 21.5. The lowest BCUT2D eigenvalue weighted by Gasteiger charge is -2.24. The van der Waals surface area contributed by atoms with Gasteiger partial charge in [0, 0.05) is 27.3 Å². The Bertz CT molecular complexity index is 1070. The maximum atomic E-state index is 12.6. The number of hydrogen-bond donors (Lipinski definition) is 0. The first-order chi connectivity index (χ1) is 15.9. The molecule has 184 valence electrons.